The van der Waals surface area contributed by atoms with Gasteiger partial charge in [-0.2, -0.15) is 0 Å². The van der Waals surface area contributed by atoms with Gasteiger partial charge in [-0.15, -0.1) is 0 Å². The van der Waals surface area contributed by atoms with Crippen LogP contribution in [0.15, 0.2) is 24.3 Å². The van der Waals surface area contributed by atoms with E-state index in [4.69, 9.17) is 4.74 Å². The lowest BCUT2D eigenvalue weighted by Gasteiger charge is -2.19. The van der Waals surface area contributed by atoms with E-state index in [1.54, 1.807) is 24.3 Å². The van der Waals surface area contributed by atoms with Crippen molar-refractivity contribution in [2.75, 3.05) is 22.9 Å². The molecule has 6 nitrogen and oxygen atoms in total. The van der Waals surface area contributed by atoms with Crippen LogP contribution >= 0.6 is 0 Å². The molecule has 1 aromatic carbocycles. The van der Waals surface area contributed by atoms with Crippen LogP contribution in [0.25, 0.3) is 0 Å². The van der Waals surface area contributed by atoms with Gasteiger partial charge in [-0.05, 0) is 32.9 Å². The van der Waals surface area contributed by atoms with Gasteiger partial charge in [-0.25, -0.2) is 8.42 Å². The minimum atomic E-state index is -3.40. The summed E-state index contributed by atoms with van der Waals surface area (Å²) in [7, 11) is -3.40. The van der Waals surface area contributed by atoms with Gasteiger partial charge in [-0.1, -0.05) is 12.1 Å². The maximum absolute atomic E-state index is 11.8. The predicted molar refractivity (Wildman–Crippen MR) is 79.2 cm³/mol. The number of carbonyl (C=O) groups is 1. The van der Waals surface area contributed by atoms with Crippen LogP contribution in [0.1, 0.15) is 20.8 Å². The Labute approximate surface area is 119 Å². The minimum absolute atomic E-state index is 0.100. The molecular weight excluding hydrogens is 280 g/mol. The van der Waals surface area contributed by atoms with Gasteiger partial charge in [0.1, 0.15) is 6.61 Å². The molecule has 0 radical (unpaired) electrons. The third kappa shape index (κ3) is 6.53. The molecule has 0 saturated carbocycles. The van der Waals surface area contributed by atoms with Gasteiger partial charge >= 0.3 is 0 Å². The molecule has 20 heavy (non-hydrogen) atoms. The summed E-state index contributed by atoms with van der Waals surface area (Å²) >= 11 is 0. The third-order valence-corrected chi connectivity index (χ3v) is 2.72. The van der Waals surface area contributed by atoms with Crippen molar-refractivity contribution in [1.29, 1.82) is 0 Å². The van der Waals surface area contributed by atoms with Crippen LogP contribution < -0.4 is 10.0 Å². The van der Waals surface area contributed by atoms with Crippen LogP contribution in [-0.4, -0.2) is 32.8 Å². The lowest BCUT2D eigenvalue weighted by molar-refractivity contribution is -0.125. The fraction of sp³-hybridized carbons (Fsp3) is 0.462. The smallest absolute Gasteiger partial charge is 0.250 e. The van der Waals surface area contributed by atoms with E-state index in [9.17, 15) is 13.2 Å². The Morgan fingerprint density at radius 3 is 2.25 bits per heavy atom. The first-order chi connectivity index (χ1) is 9.07. The second-order valence-electron chi connectivity index (χ2n) is 5.37. The summed E-state index contributed by atoms with van der Waals surface area (Å²) in [5, 5.41) is 2.61. The largest absolute Gasteiger partial charge is 0.366 e. The molecule has 0 aliphatic heterocycles. The van der Waals surface area contributed by atoms with Crippen molar-refractivity contribution < 1.29 is 17.9 Å². The highest BCUT2D eigenvalue weighted by atomic mass is 32.2. The van der Waals surface area contributed by atoms with E-state index >= 15 is 0 Å². The van der Waals surface area contributed by atoms with Gasteiger partial charge in [0.2, 0.25) is 15.9 Å². The summed E-state index contributed by atoms with van der Waals surface area (Å²) < 4.78 is 30.2. The summed E-state index contributed by atoms with van der Waals surface area (Å²) in [6, 6.07) is 6.56. The van der Waals surface area contributed by atoms with Crippen LogP contribution in [0.3, 0.4) is 0 Å². The predicted octanol–water partition coefficient (Wildman–Crippen LogP) is 1.81. The average molecular weight is 300 g/mol. The maximum atomic E-state index is 11.8. The Kier molecular flexibility index (Phi) is 5.13. The summed E-state index contributed by atoms with van der Waals surface area (Å²) in [4.78, 5) is 11.8. The van der Waals surface area contributed by atoms with Crippen molar-refractivity contribution in [3.05, 3.63) is 24.3 Å². The third-order valence-electron chi connectivity index (χ3n) is 2.13. The van der Waals surface area contributed by atoms with E-state index in [0.717, 1.165) is 6.26 Å². The van der Waals surface area contributed by atoms with Crippen molar-refractivity contribution >= 4 is 27.3 Å². The first-order valence-corrected chi connectivity index (χ1v) is 7.96. The van der Waals surface area contributed by atoms with E-state index in [1.165, 1.54) is 0 Å². The highest BCUT2D eigenvalue weighted by Gasteiger charge is 2.14. The molecule has 0 saturated heterocycles. The topological polar surface area (TPSA) is 84.5 Å². The zero-order valence-corrected chi connectivity index (χ0v) is 12.9. The van der Waals surface area contributed by atoms with Crippen molar-refractivity contribution in [2.24, 2.45) is 0 Å². The first kappa shape index (κ1) is 16.5. The first-order valence-electron chi connectivity index (χ1n) is 6.07. The minimum Gasteiger partial charge on any atom is -0.366 e. The number of anilines is 2. The quantitative estimate of drug-likeness (QED) is 0.868. The van der Waals surface area contributed by atoms with Crippen LogP contribution in [-0.2, 0) is 19.6 Å². The number of hydrogen-bond acceptors (Lipinski definition) is 4. The Hall–Kier alpha value is -1.60. The maximum Gasteiger partial charge on any atom is 0.250 e. The summed E-state index contributed by atoms with van der Waals surface area (Å²) in [5.41, 5.74) is 0.293. The second kappa shape index (κ2) is 6.23. The Balaban J connectivity index is 2.75. The lowest BCUT2D eigenvalue weighted by Crippen LogP contribution is -2.27. The van der Waals surface area contributed by atoms with E-state index in [-0.39, 0.29) is 12.5 Å². The van der Waals surface area contributed by atoms with Gasteiger partial charge in [0, 0.05) is 0 Å². The number of nitrogens with one attached hydrogen (secondary N) is 2. The second-order valence-corrected chi connectivity index (χ2v) is 7.12. The number of carbonyl (C=O) groups excluding carboxylic acids is 1. The van der Waals surface area contributed by atoms with Crippen molar-refractivity contribution in [1.82, 2.24) is 0 Å². The molecule has 1 rings (SSSR count). The molecule has 112 valence electrons. The molecule has 0 atom stereocenters. The Bertz CT molecular complexity index is 576. The molecule has 0 fully saturated rings. The molecule has 1 amide bonds. The molecule has 0 bridgehead atoms. The normalized spacial score (nSPS) is 12.0. The molecule has 0 aromatic heterocycles. The zero-order chi connectivity index (χ0) is 15.4. The van der Waals surface area contributed by atoms with Crippen LogP contribution in [0.4, 0.5) is 11.4 Å². The number of ether oxygens (including phenoxy) is 1. The van der Waals surface area contributed by atoms with Crippen molar-refractivity contribution in [3.8, 4) is 0 Å². The Morgan fingerprint density at radius 2 is 1.75 bits per heavy atom. The highest BCUT2D eigenvalue weighted by molar-refractivity contribution is 7.92. The van der Waals surface area contributed by atoms with E-state index < -0.39 is 15.6 Å². The molecule has 2 N–H and O–H groups in total. The summed E-state index contributed by atoms with van der Waals surface area (Å²) in [5.74, 6) is -0.345. The SMILES string of the molecule is CC(C)(C)OCC(=O)Nc1ccccc1NS(C)(=O)=O. The molecular formula is C13H20N2O4S. The van der Waals surface area contributed by atoms with Crippen LogP contribution in [0, 0.1) is 0 Å². The number of amides is 1. The fourth-order valence-electron chi connectivity index (χ4n) is 1.35. The van der Waals surface area contributed by atoms with Crippen molar-refractivity contribution in [3.63, 3.8) is 0 Å². The monoisotopic (exact) mass is 300 g/mol. The molecule has 1 aromatic rings. The van der Waals surface area contributed by atoms with E-state index in [2.05, 4.69) is 10.0 Å². The van der Waals surface area contributed by atoms with Gasteiger partial charge in [-0.3, -0.25) is 9.52 Å². The van der Waals surface area contributed by atoms with E-state index in [0.29, 0.717) is 11.4 Å². The molecule has 0 aliphatic carbocycles. The molecule has 0 unspecified atom stereocenters. The zero-order valence-electron chi connectivity index (χ0n) is 12.1. The summed E-state index contributed by atoms with van der Waals surface area (Å²) in [6.07, 6.45) is 1.05. The van der Waals surface area contributed by atoms with Gasteiger partial charge in [0.15, 0.2) is 0 Å². The van der Waals surface area contributed by atoms with Crippen LogP contribution in [0.2, 0.25) is 0 Å². The molecule has 0 aliphatic rings. The standard InChI is InChI=1S/C13H20N2O4S/c1-13(2,3)19-9-12(16)14-10-7-5-6-8-11(10)15-20(4,17)18/h5-8,15H,9H2,1-4H3,(H,14,16). The van der Waals surface area contributed by atoms with E-state index in [1.807, 2.05) is 20.8 Å². The van der Waals surface area contributed by atoms with Gasteiger partial charge < -0.3 is 10.1 Å². The lowest BCUT2D eigenvalue weighted by atomic mass is 10.2. The average Bonchev–Trinajstić information content (AvgIpc) is 2.26. The van der Waals surface area contributed by atoms with Crippen molar-refractivity contribution in [2.45, 2.75) is 26.4 Å². The van der Waals surface area contributed by atoms with Gasteiger partial charge in [0.05, 0.1) is 23.2 Å². The van der Waals surface area contributed by atoms with Crippen LogP contribution in [0.5, 0.6) is 0 Å². The number of benzene rings is 1. The fourth-order valence-corrected chi connectivity index (χ4v) is 1.93. The molecule has 0 spiro atoms. The molecule has 7 heteroatoms. The van der Waals surface area contributed by atoms with Gasteiger partial charge in [0.25, 0.3) is 0 Å². The number of hydrogen-bond donors (Lipinski definition) is 2. The summed E-state index contributed by atoms with van der Waals surface area (Å²) in [6.45, 7) is 5.44. The number of sulfonamides is 1. The highest BCUT2D eigenvalue weighted by Crippen LogP contribution is 2.21. The molecule has 0 heterocycles. The Morgan fingerprint density at radius 1 is 1.20 bits per heavy atom. The number of para-hydroxylation sites is 2. The number of rotatable bonds is 5.